The topological polar surface area (TPSA) is 90.6 Å². The Kier molecular flexibility index (Phi) is 6.07. The van der Waals surface area contributed by atoms with E-state index in [4.69, 9.17) is 21.1 Å². The number of amides is 1. The lowest BCUT2D eigenvalue weighted by molar-refractivity contribution is 0.101. The van der Waals surface area contributed by atoms with Crippen molar-refractivity contribution in [3.8, 4) is 16.9 Å². The number of anilines is 1. The maximum absolute atomic E-state index is 13.0. The van der Waals surface area contributed by atoms with Crippen LogP contribution in [0.15, 0.2) is 42.5 Å². The molecule has 32 heavy (non-hydrogen) atoms. The fraction of sp³-hybridized carbons (Fsp3) is 0.217. The van der Waals surface area contributed by atoms with Crippen LogP contribution in [0.3, 0.4) is 0 Å². The Morgan fingerprint density at radius 2 is 1.94 bits per heavy atom. The van der Waals surface area contributed by atoms with E-state index in [0.29, 0.717) is 33.5 Å². The van der Waals surface area contributed by atoms with Crippen LogP contribution in [0.2, 0.25) is 5.02 Å². The smallest absolute Gasteiger partial charge is 0.278 e. The van der Waals surface area contributed by atoms with E-state index in [-0.39, 0.29) is 12.3 Å². The van der Waals surface area contributed by atoms with Gasteiger partial charge in [0.2, 0.25) is 0 Å². The van der Waals surface area contributed by atoms with Crippen LogP contribution in [-0.4, -0.2) is 39.9 Å². The van der Waals surface area contributed by atoms with Gasteiger partial charge in [-0.25, -0.2) is 4.52 Å². The van der Waals surface area contributed by atoms with E-state index < -0.39 is 5.91 Å². The number of hydrogen-bond acceptors (Lipinski definition) is 6. The minimum atomic E-state index is -0.408. The molecule has 0 aliphatic carbocycles. The summed E-state index contributed by atoms with van der Waals surface area (Å²) in [4.78, 5) is 13.0. The molecule has 4 rings (SSSR count). The van der Waals surface area contributed by atoms with Crippen LogP contribution in [0.5, 0.6) is 5.75 Å². The van der Waals surface area contributed by atoms with Crippen molar-refractivity contribution in [2.24, 2.45) is 0 Å². The van der Waals surface area contributed by atoms with E-state index in [9.17, 15) is 4.79 Å². The number of nitrogens with one attached hydrogen (secondary N) is 1. The summed E-state index contributed by atoms with van der Waals surface area (Å²) in [6, 6.07) is 12.9. The number of aryl methyl sites for hydroxylation is 2. The van der Waals surface area contributed by atoms with Gasteiger partial charge in [-0.05, 0) is 49.2 Å². The van der Waals surface area contributed by atoms with Gasteiger partial charge in [-0.2, -0.15) is 5.10 Å². The van der Waals surface area contributed by atoms with Gasteiger partial charge in [-0.3, -0.25) is 4.79 Å². The minimum absolute atomic E-state index is 0.158. The Hall–Kier alpha value is -3.49. The van der Waals surface area contributed by atoms with Gasteiger partial charge in [0.25, 0.3) is 5.91 Å². The lowest BCUT2D eigenvalue weighted by Crippen LogP contribution is -2.19. The van der Waals surface area contributed by atoms with Gasteiger partial charge in [0.05, 0.1) is 36.4 Å². The molecule has 2 aromatic heterocycles. The number of carbonyl (C=O) groups is 1. The number of ether oxygens (including phenoxy) is 2. The predicted molar refractivity (Wildman–Crippen MR) is 122 cm³/mol. The molecule has 0 spiro atoms. The quantitative estimate of drug-likeness (QED) is 0.465. The maximum Gasteiger partial charge on any atom is 0.278 e. The molecule has 8 nitrogen and oxygen atoms in total. The Morgan fingerprint density at radius 1 is 1.12 bits per heavy atom. The lowest BCUT2D eigenvalue weighted by atomic mass is 10.1. The summed E-state index contributed by atoms with van der Waals surface area (Å²) < 4.78 is 12.3. The van der Waals surface area contributed by atoms with Gasteiger partial charge >= 0.3 is 0 Å². The van der Waals surface area contributed by atoms with Crippen molar-refractivity contribution in [3.63, 3.8) is 0 Å². The molecule has 1 N–H and O–H groups in total. The van der Waals surface area contributed by atoms with Crippen molar-refractivity contribution >= 4 is 28.8 Å². The third-order valence-corrected chi connectivity index (χ3v) is 5.29. The Balaban J connectivity index is 1.79. The van der Waals surface area contributed by atoms with Crippen LogP contribution < -0.4 is 10.1 Å². The SMILES string of the molecule is COCc1nn2c(C)c(C(=O)Nc3cc(C)ccc3OC)nnc2c1-c1cccc(Cl)c1. The average molecular weight is 452 g/mol. The molecule has 2 aromatic carbocycles. The van der Waals surface area contributed by atoms with Crippen LogP contribution in [-0.2, 0) is 11.3 Å². The van der Waals surface area contributed by atoms with Crippen LogP contribution in [0.25, 0.3) is 16.8 Å². The van der Waals surface area contributed by atoms with E-state index >= 15 is 0 Å². The molecule has 4 aromatic rings. The molecule has 0 fully saturated rings. The summed E-state index contributed by atoms with van der Waals surface area (Å²) in [5.41, 5.74) is 5.04. The van der Waals surface area contributed by atoms with Crippen LogP contribution in [0, 0.1) is 13.8 Å². The highest BCUT2D eigenvalue weighted by molar-refractivity contribution is 6.30. The van der Waals surface area contributed by atoms with Gasteiger partial charge in [0, 0.05) is 12.1 Å². The van der Waals surface area contributed by atoms with Crippen LogP contribution in [0.1, 0.15) is 27.4 Å². The molecule has 0 saturated heterocycles. The largest absolute Gasteiger partial charge is 0.495 e. The summed E-state index contributed by atoms with van der Waals surface area (Å²) in [5.74, 6) is 0.147. The summed E-state index contributed by atoms with van der Waals surface area (Å²) >= 11 is 6.20. The number of halogens is 1. The first-order valence-corrected chi connectivity index (χ1v) is 10.3. The van der Waals surface area contributed by atoms with Gasteiger partial charge < -0.3 is 14.8 Å². The first-order valence-electron chi connectivity index (χ1n) is 9.88. The van der Waals surface area contributed by atoms with E-state index in [2.05, 4.69) is 20.6 Å². The summed E-state index contributed by atoms with van der Waals surface area (Å²) in [6.07, 6.45) is 0. The fourth-order valence-electron chi connectivity index (χ4n) is 3.54. The zero-order chi connectivity index (χ0) is 22.8. The molecule has 2 heterocycles. The molecule has 0 unspecified atom stereocenters. The normalized spacial score (nSPS) is 11.0. The number of carbonyl (C=O) groups excluding carboxylic acids is 1. The maximum atomic E-state index is 13.0. The van der Waals surface area contributed by atoms with Gasteiger partial charge in [-0.1, -0.05) is 29.8 Å². The van der Waals surface area contributed by atoms with Gasteiger partial charge in [-0.15, -0.1) is 10.2 Å². The second kappa shape index (κ2) is 8.94. The summed E-state index contributed by atoms with van der Waals surface area (Å²) in [5, 5.41) is 16.7. The standard InChI is InChI=1S/C23H22ClN5O3/c1-13-8-9-19(32-4)17(10-13)25-23(30)21-14(2)29-22(27-26-21)20(18(28-29)12-31-3)15-6-5-7-16(24)11-15/h5-11H,12H2,1-4H3,(H,25,30). The van der Waals surface area contributed by atoms with Gasteiger partial charge in [0.1, 0.15) is 5.75 Å². The third kappa shape index (κ3) is 4.02. The van der Waals surface area contributed by atoms with Crippen molar-refractivity contribution in [1.82, 2.24) is 19.8 Å². The number of aromatic nitrogens is 4. The van der Waals surface area contributed by atoms with E-state index in [1.165, 1.54) is 0 Å². The molecule has 0 atom stereocenters. The average Bonchev–Trinajstić information content (AvgIpc) is 3.13. The Labute approximate surface area is 190 Å². The van der Waals surface area contributed by atoms with Crippen molar-refractivity contribution < 1.29 is 14.3 Å². The third-order valence-electron chi connectivity index (χ3n) is 5.05. The molecule has 1 amide bonds. The molecule has 0 aliphatic heterocycles. The highest BCUT2D eigenvalue weighted by Crippen LogP contribution is 2.31. The van der Waals surface area contributed by atoms with Gasteiger partial charge in [0.15, 0.2) is 11.3 Å². The number of benzene rings is 2. The number of nitrogens with zero attached hydrogens (tertiary/aromatic N) is 4. The number of fused-ring (bicyclic) bond motifs is 1. The number of rotatable bonds is 6. The molecule has 0 aliphatic rings. The second-order valence-corrected chi connectivity index (χ2v) is 7.73. The monoisotopic (exact) mass is 451 g/mol. The molecule has 0 radical (unpaired) electrons. The predicted octanol–water partition coefficient (Wildman–Crippen LogP) is 4.47. The van der Waals surface area contributed by atoms with Crippen molar-refractivity contribution in [2.75, 3.05) is 19.5 Å². The zero-order valence-electron chi connectivity index (χ0n) is 18.1. The molecule has 164 valence electrons. The Morgan fingerprint density at radius 3 is 2.66 bits per heavy atom. The molecular weight excluding hydrogens is 430 g/mol. The first kappa shape index (κ1) is 21.7. The van der Waals surface area contributed by atoms with E-state index in [0.717, 1.165) is 16.7 Å². The zero-order valence-corrected chi connectivity index (χ0v) is 18.9. The molecule has 9 heteroatoms. The van der Waals surface area contributed by atoms with Crippen molar-refractivity contribution in [2.45, 2.75) is 20.5 Å². The lowest BCUT2D eigenvalue weighted by Gasteiger charge is -2.11. The molecule has 0 saturated carbocycles. The summed E-state index contributed by atoms with van der Waals surface area (Å²) in [6.45, 7) is 3.98. The first-order chi connectivity index (χ1) is 15.4. The van der Waals surface area contributed by atoms with Crippen molar-refractivity contribution in [3.05, 3.63) is 70.1 Å². The number of methoxy groups -OCH3 is 2. The molecule has 0 bridgehead atoms. The Bertz CT molecular complexity index is 1320. The highest BCUT2D eigenvalue weighted by atomic mass is 35.5. The van der Waals surface area contributed by atoms with Crippen LogP contribution >= 0.6 is 11.6 Å². The second-order valence-electron chi connectivity index (χ2n) is 7.29. The fourth-order valence-corrected chi connectivity index (χ4v) is 3.73. The molecular formula is C23H22ClN5O3. The highest BCUT2D eigenvalue weighted by Gasteiger charge is 2.22. The number of hydrogen-bond donors (Lipinski definition) is 1. The minimum Gasteiger partial charge on any atom is -0.495 e. The summed E-state index contributed by atoms with van der Waals surface area (Å²) in [7, 11) is 3.15. The van der Waals surface area contributed by atoms with Crippen LogP contribution in [0.4, 0.5) is 5.69 Å². The van der Waals surface area contributed by atoms with Crippen molar-refractivity contribution in [1.29, 1.82) is 0 Å². The van der Waals surface area contributed by atoms with E-state index in [1.807, 2.05) is 37.3 Å². The van der Waals surface area contributed by atoms with E-state index in [1.54, 1.807) is 37.8 Å².